The highest BCUT2D eigenvalue weighted by molar-refractivity contribution is 7.89. The molecule has 0 spiro atoms. The van der Waals surface area contributed by atoms with Crippen molar-refractivity contribution in [2.75, 3.05) is 19.6 Å². The molecule has 0 radical (unpaired) electrons. The van der Waals surface area contributed by atoms with Crippen LogP contribution >= 0.6 is 11.6 Å². The molecule has 1 fully saturated rings. The molecule has 1 unspecified atom stereocenters. The molecule has 7 heteroatoms. The summed E-state index contributed by atoms with van der Waals surface area (Å²) in [5.74, 6) is 0. The van der Waals surface area contributed by atoms with Crippen molar-refractivity contribution < 1.29 is 8.42 Å². The lowest BCUT2D eigenvalue weighted by atomic mass is 10.0. The Balaban J connectivity index is 1.81. The lowest BCUT2D eigenvalue weighted by Gasteiger charge is -2.29. The minimum Gasteiger partial charge on any atom is -0.295 e. The van der Waals surface area contributed by atoms with E-state index in [1.807, 2.05) is 12.1 Å². The van der Waals surface area contributed by atoms with Crippen LogP contribution in [0.15, 0.2) is 47.5 Å². The first-order chi connectivity index (χ1) is 12.0. The summed E-state index contributed by atoms with van der Waals surface area (Å²) in [6.07, 6.45) is 3.58. The van der Waals surface area contributed by atoms with E-state index in [2.05, 4.69) is 33.7 Å². The maximum atomic E-state index is 12.6. The number of hydrogen-bond acceptors (Lipinski definition) is 4. The molecule has 0 amide bonds. The first-order valence-corrected chi connectivity index (χ1v) is 10.2. The number of nitrogens with one attached hydrogen (secondary N) is 1. The fourth-order valence-electron chi connectivity index (χ4n) is 3.24. The van der Waals surface area contributed by atoms with E-state index in [-0.39, 0.29) is 16.1 Å². The van der Waals surface area contributed by atoms with E-state index < -0.39 is 10.0 Å². The quantitative estimate of drug-likeness (QED) is 0.783. The summed E-state index contributed by atoms with van der Waals surface area (Å²) in [4.78, 5) is 6.34. The molecule has 1 aromatic heterocycles. The van der Waals surface area contributed by atoms with Gasteiger partial charge in [0.05, 0.1) is 0 Å². The minimum absolute atomic E-state index is 0.0266. The molecule has 1 N–H and O–H groups in total. The van der Waals surface area contributed by atoms with Crippen LogP contribution in [-0.2, 0) is 10.0 Å². The smallest absolute Gasteiger partial charge is 0.242 e. The molecule has 25 heavy (non-hydrogen) atoms. The van der Waals surface area contributed by atoms with Crippen molar-refractivity contribution in [3.8, 4) is 0 Å². The Labute approximate surface area is 154 Å². The Morgan fingerprint density at radius 2 is 1.92 bits per heavy atom. The second kappa shape index (κ2) is 7.83. The van der Waals surface area contributed by atoms with Gasteiger partial charge in [-0.05, 0) is 56.1 Å². The molecule has 2 heterocycles. The van der Waals surface area contributed by atoms with Gasteiger partial charge in [-0.1, -0.05) is 35.9 Å². The highest BCUT2D eigenvalue weighted by Crippen LogP contribution is 2.27. The van der Waals surface area contributed by atoms with Crippen molar-refractivity contribution in [2.45, 2.75) is 30.7 Å². The summed E-state index contributed by atoms with van der Waals surface area (Å²) in [6.45, 7) is 4.37. The fourth-order valence-corrected chi connectivity index (χ4v) is 4.34. The van der Waals surface area contributed by atoms with Crippen molar-refractivity contribution in [1.82, 2.24) is 14.6 Å². The van der Waals surface area contributed by atoms with Crippen molar-refractivity contribution in [3.05, 3.63) is 58.9 Å². The van der Waals surface area contributed by atoms with E-state index in [1.54, 1.807) is 0 Å². The van der Waals surface area contributed by atoms with Crippen molar-refractivity contribution in [1.29, 1.82) is 0 Å². The number of pyridine rings is 1. The van der Waals surface area contributed by atoms with Crippen LogP contribution in [0.25, 0.3) is 0 Å². The normalized spacial score (nSPS) is 16.9. The number of aromatic nitrogens is 1. The van der Waals surface area contributed by atoms with Gasteiger partial charge < -0.3 is 0 Å². The minimum atomic E-state index is -3.62. The number of hydrogen-bond donors (Lipinski definition) is 1. The van der Waals surface area contributed by atoms with Gasteiger partial charge in [0, 0.05) is 18.8 Å². The van der Waals surface area contributed by atoms with Gasteiger partial charge in [-0.2, -0.15) is 0 Å². The van der Waals surface area contributed by atoms with E-state index >= 15 is 0 Å². The first kappa shape index (κ1) is 18.3. The second-order valence-electron chi connectivity index (χ2n) is 6.28. The monoisotopic (exact) mass is 379 g/mol. The van der Waals surface area contributed by atoms with Crippen LogP contribution in [0.3, 0.4) is 0 Å². The molecule has 0 aliphatic carbocycles. The zero-order chi connectivity index (χ0) is 17.9. The molecule has 0 saturated carbocycles. The third kappa shape index (κ3) is 4.39. The number of nitrogens with zero attached hydrogens (tertiary/aromatic N) is 2. The SMILES string of the molecule is Cc1ccccc1C(CNS(=O)(=O)c1ccc(Cl)nc1)N1CCCC1. The van der Waals surface area contributed by atoms with E-state index in [4.69, 9.17) is 11.6 Å². The van der Waals surface area contributed by atoms with Gasteiger partial charge in [-0.15, -0.1) is 0 Å². The summed E-state index contributed by atoms with van der Waals surface area (Å²) in [7, 11) is -3.62. The summed E-state index contributed by atoms with van der Waals surface area (Å²) in [6, 6.07) is 11.1. The van der Waals surface area contributed by atoms with Gasteiger partial charge in [-0.3, -0.25) is 4.90 Å². The Kier molecular flexibility index (Phi) is 5.74. The van der Waals surface area contributed by atoms with Crippen LogP contribution < -0.4 is 4.72 Å². The number of likely N-dealkylation sites (tertiary alicyclic amines) is 1. The van der Waals surface area contributed by atoms with Crippen LogP contribution in [0, 0.1) is 6.92 Å². The average molecular weight is 380 g/mol. The zero-order valence-corrected chi connectivity index (χ0v) is 15.7. The molecule has 5 nitrogen and oxygen atoms in total. The third-order valence-electron chi connectivity index (χ3n) is 4.61. The number of rotatable bonds is 6. The van der Waals surface area contributed by atoms with Gasteiger partial charge in [0.25, 0.3) is 0 Å². The lowest BCUT2D eigenvalue weighted by molar-refractivity contribution is 0.246. The predicted octanol–water partition coefficient (Wildman–Crippen LogP) is 3.16. The number of benzene rings is 1. The van der Waals surface area contributed by atoms with Crippen LogP contribution in [0.4, 0.5) is 0 Å². The van der Waals surface area contributed by atoms with Gasteiger partial charge in [-0.25, -0.2) is 18.1 Å². The molecular weight excluding hydrogens is 358 g/mol. The van der Waals surface area contributed by atoms with E-state index in [0.717, 1.165) is 25.9 Å². The maximum absolute atomic E-state index is 12.6. The number of halogens is 1. The summed E-state index contributed by atoms with van der Waals surface area (Å²) >= 11 is 5.74. The van der Waals surface area contributed by atoms with E-state index in [9.17, 15) is 8.42 Å². The van der Waals surface area contributed by atoms with Crippen molar-refractivity contribution in [3.63, 3.8) is 0 Å². The second-order valence-corrected chi connectivity index (χ2v) is 8.44. The lowest BCUT2D eigenvalue weighted by Crippen LogP contribution is -2.37. The summed E-state index contributed by atoms with van der Waals surface area (Å²) in [5.41, 5.74) is 2.34. The molecule has 1 saturated heterocycles. The number of sulfonamides is 1. The van der Waals surface area contributed by atoms with Crippen LogP contribution in [0.2, 0.25) is 5.15 Å². The van der Waals surface area contributed by atoms with Crippen molar-refractivity contribution >= 4 is 21.6 Å². The van der Waals surface area contributed by atoms with Crippen molar-refractivity contribution in [2.24, 2.45) is 0 Å². The Bertz CT molecular complexity index is 818. The molecular formula is C18H22ClN3O2S. The molecule has 1 atom stereocenters. The van der Waals surface area contributed by atoms with Gasteiger partial charge in [0.1, 0.15) is 10.0 Å². The molecule has 2 aromatic rings. The molecule has 1 aliphatic rings. The standard InChI is InChI=1S/C18H22ClN3O2S/c1-14-6-2-3-7-16(14)17(22-10-4-5-11-22)13-21-25(23,24)15-8-9-18(19)20-12-15/h2-3,6-9,12,17,21H,4-5,10-11,13H2,1H3. The summed E-state index contributed by atoms with van der Waals surface area (Å²) in [5, 5.41) is 0.272. The molecule has 1 aromatic carbocycles. The van der Waals surface area contributed by atoms with Crippen LogP contribution in [-0.4, -0.2) is 37.9 Å². The molecule has 134 valence electrons. The van der Waals surface area contributed by atoms with E-state index in [0.29, 0.717) is 6.54 Å². The number of aryl methyl sites for hydroxylation is 1. The average Bonchev–Trinajstić information content (AvgIpc) is 3.11. The largest absolute Gasteiger partial charge is 0.295 e. The summed E-state index contributed by atoms with van der Waals surface area (Å²) < 4.78 is 27.9. The first-order valence-electron chi connectivity index (χ1n) is 8.38. The maximum Gasteiger partial charge on any atom is 0.242 e. The Morgan fingerprint density at radius 3 is 2.56 bits per heavy atom. The Morgan fingerprint density at radius 1 is 1.20 bits per heavy atom. The predicted molar refractivity (Wildman–Crippen MR) is 99.2 cm³/mol. The van der Waals surface area contributed by atoms with E-state index in [1.165, 1.54) is 29.5 Å². The highest BCUT2D eigenvalue weighted by atomic mass is 35.5. The molecule has 1 aliphatic heterocycles. The zero-order valence-electron chi connectivity index (χ0n) is 14.2. The van der Waals surface area contributed by atoms with Gasteiger partial charge in [0.2, 0.25) is 10.0 Å². The van der Waals surface area contributed by atoms with Crippen LogP contribution in [0.5, 0.6) is 0 Å². The van der Waals surface area contributed by atoms with Gasteiger partial charge >= 0.3 is 0 Å². The van der Waals surface area contributed by atoms with Gasteiger partial charge in [0.15, 0.2) is 0 Å². The van der Waals surface area contributed by atoms with Crippen LogP contribution in [0.1, 0.15) is 30.0 Å². The molecule has 3 rings (SSSR count). The topological polar surface area (TPSA) is 62.3 Å². The third-order valence-corrected chi connectivity index (χ3v) is 6.24. The highest BCUT2D eigenvalue weighted by Gasteiger charge is 2.26. The molecule has 0 bridgehead atoms. The fraction of sp³-hybridized carbons (Fsp3) is 0.389. The Hall–Kier alpha value is -1.47.